The number of benzene rings is 2. The monoisotopic (exact) mass is 434 g/mol. The lowest BCUT2D eigenvalue weighted by molar-refractivity contribution is -0.123. The van der Waals surface area contributed by atoms with Crippen LogP contribution in [0.3, 0.4) is 0 Å². The van der Waals surface area contributed by atoms with Crippen molar-refractivity contribution in [2.24, 2.45) is 17.3 Å². The van der Waals surface area contributed by atoms with Gasteiger partial charge in [0.25, 0.3) is 12.9 Å². The molecule has 2 aromatic rings. The lowest BCUT2D eigenvalue weighted by atomic mass is 9.74. The van der Waals surface area contributed by atoms with Crippen molar-refractivity contribution in [3.05, 3.63) is 60.7 Å². The van der Waals surface area contributed by atoms with Gasteiger partial charge < -0.3 is 20.4 Å². The Morgan fingerprint density at radius 2 is 1.06 bits per heavy atom. The first-order valence-electron chi connectivity index (χ1n) is 10.3. The van der Waals surface area contributed by atoms with Crippen molar-refractivity contribution in [2.45, 2.75) is 40.5 Å². The molecule has 0 bridgehead atoms. The molecule has 0 atom stereocenters. The summed E-state index contributed by atoms with van der Waals surface area (Å²) in [7, 11) is 0. The Kier molecular flexibility index (Phi) is 19.0. The molecule has 0 saturated heterocycles. The maximum Gasteiger partial charge on any atom is 0.290 e. The molecule has 6 nitrogen and oxygen atoms in total. The molecule has 4 N–H and O–H groups in total. The highest BCUT2D eigenvalue weighted by Gasteiger charge is 2.32. The van der Waals surface area contributed by atoms with E-state index in [9.17, 15) is 10.2 Å². The summed E-state index contributed by atoms with van der Waals surface area (Å²) in [6.07, 6.45) is 1.98. The molecule has 174 valence electrons. The zero-order valence-corrected chi connectivity index (χ0v) is 19.0. The van der Waals surface area contributed by atoms with Crippen LogP contribution in [-0.2, 0) is 9.59 Å². The van der Waals surface area contributed by atoms with E-state index in [-0.39, 0.29) is 31.6 Å². The standard InChI is InChI=1S/C12H10.C11H24O2.2CH2O2/c1-3-7-11(8-4-1)12-9-5-2-6-10-12;1-9(2)5-6-11(7-12,8-13)10(3)4;2*2-1-3/h1-10H;9-10,12-13H,5-8H2,1-4H3;2*1H,(H,2,3). The maximum absolute atomic E-state index is 9.30. The minimum Gasteiger partial charge on any atom is -0.483 e. The fourth-order valence-corrected chi connectivity index (χ4v) is 2.70. The van der Waals surface area contributed by atoms with Crippen LogP contribution in [0.15, 0.2) is 60.7 Å². The molecule has 0 amide bonds. The van der Waals surface area contributed by atoms with Gasteiger partial charge in [-0.25, -0.2) is 0 Å². The molecule has 0 spiro atoms. The molecular weight excluding hydrogens is 396 g/mol. The smallest absolute Gasteiger partial charge is 0.290 e. The molecule has 0 aromatic heterocycles. The minimum absolute atomic E-state index is 0.0912. The van der Waals surface area contributed by atoms with Crippen LogP contribution in [0.25, 0.3) is 11.1 Å². The van der Waals surface area contributed by atoms with Crippen LogP contribution >= 0.6 is 0 Å². The van der Waals surface area contributed by atoms with E-state index >= 15 is 0 Å². The Labute approximate surface area is 186 Å². The van der Waals surface area contributed by atoms with E-state index in [1.54, 1.807) is 0 Å². The third-order valence-electron chi connectivity index (χ3n) is 4.96. The largest absolute Gasteiger partial charge is 0.483 e. The fraction of sp³-hybridized carbons (Fsp3) is 0.440. The molecule has 0 aliphatic heterocycles. The van der Waals surface area contributed by atoms with Gasteiger partial charge in [0.2, 0.25) is 0 Å². The molecule has 31 heavy (non-hydrogen) atoms. The molecular formula is C25H38O6. The Hall–Kier alpha value is -2.70. The van der Waals surface area contributed by atoms with Gasteiger partial charge in [-0.2, -0.15) is 0 Å². The predicted molar refractivity (Wildman–Crippen MR) is 125 cm³/mol. The van der Waals surface area contributed by atoms with Crippen molar-refractivity contribution >= 4 is 12.9 Å². The second kappa shape index (κ2) is 19.3. The zero-order chi connectivity index (χ0) is 24.1. The second-order valence-corrected chi connectivity index (χ2v) is 7.71. The summed E-state index contributed by atoms with van der Waals surface area (Å²) in [5.41, 5.74) is 2.28. The normalized spacial score (nSPS) is 9.94. The molecule has 0 heterocycles. The topological polar surface area (TPSA) is 115 Å². The average Bonchev–Trinajstić information content (AvgIpc) is 2.77. The molecule has 0 aliphatic carbocycles. The lowest BCUT2D eigenvalue weighted by Crippen LogP contribution is -2.35. The van der Waals surface area contributed by atoms with Crippen LogP contribution in [0.1, 0.15) is 40.5 Å². The van der Waals surface area contributed by atoms with E-state index in [4.69, 9.17) is 19.8 Å². The van der Waals surface area contributed by atoms with Gasteiger partial charge in [0.05, 0.1) is 13.2 Å². The number of rotatable bonds is 7. The Balaban J connectivity index is 0. The lowest BCUT2D eigenvalue weighted by Gasteiger charge is -2.34. The van der Waals surface area contributed by atoms with E-state index in [2.05, 4.69) is 76.2 Å². The van der Waals surface area contributed by atoms with Crippen molar-refractivity contribution in [1.82, 2.24) is 0 Å². The summed E-state index contributed by atoms with van der Waals surface area (Å²) in [6, 6.07) is 20.8. The van der Waals surface area contributed by atoms with Crippen molar-refractivity contribution in [3.63, 3.8) is 0 Å². The first kappa shape index (κ1) is 30.5. The number of hydrogen-bond acceptors (Lipinski definition) is 4. The third-order valence-corrected chi connectivity index (χ3v) is 4.96. The first-order chi connectivity index (χ1) is 14.8. The van der Waals surface area contributed by atoms with Gasteiger partial charge in [-0.15, -0.1) is 0 Å². The summed E-state index contributed by atoms with van der Waals surface area (Å²) in [5, 5.41) is 32.4. The van der Waals surface area contributed by atoms with E-state index in [1.807, 2.05) is 12.1 Å². The molecule has 0 fully saturated rings. The van der Waals surface area contributed by atoms with Gasteiger partial charge in [0.1, 0.15) is 0 Å². The summed E-state index contributed by atoms with van der Waals surface area (Å²) in [6.45, 7) is 8.14. The number of carbonyl (C=O) groups is 2. The molecule has 2 aromatic carbocycles. The number of aliphatic hydroxyl groups excluding tert-OH is 2. The van der Waals surface area contributed by atoms with Gasteiger partial charge in [0.15, 0.2) is 0 Å². The van der Waals surface area contributed by atoms with Crippen LogP contribution in [0.2, 0.25) is 0 Å². The third kappa shape index (κ3) is 14.0. The average molecular weight is 435 g/mol. The summed E-state index contributed by atoms with van der Waals surface area (Å²) in [5.74, 6) is 0.970. The van der Waals surface area contributed by atoms with Crippen LogP contribution in [0.5, 0.6) is 0 Å². The van der Waals surface area contributed by atoms with E-state index in [1.165, 1.54) is 11.1 Å². The van der Waals surface area contributed by atoms with Gasteiger partial charge in [-0.05, 0) is 29.4 Å². The summed E-state index contributed by atoms with van der Waals surface area (Å²) < 4.78 is 0. The highest BCUT2D eigenvalue weighted by atomic mass is 16.3. The second-order valence-electron chi connectivity index (χ2n) is 7.71. The first-order valence-corrected chi connectivity index (χ1v) is 10.3. The highest BCUT2D eigenvalue weighted by Crippen LogP contribution is 2.33. The molecule has 2 rings (SSSR count). The van der Waals surface area contributed by atoms with Crippen LogP contribution in [0.4, 0.5) is 0 Å². The van der Waals surface area contributed by atoms with E-state index in [0.717, 1.165) is 12.8 Å². The Bertz CT molecular complexity index is 609. The number of hydrogen-bond donors (Lipinski definition) is 4. The SMILES string of the molecule is CC(C)CCC(CO)(CO)C(C)C.O=CO.O=CO.c1ccc(-c2ccccc2)cc1. The van der Waals surface area contributed by atoms with Gasteiger partial charge in [-0.3, -0.25) is 9.59 Å². The Morgan fingerprint density at radius 1 is 0.742 bits per heavy atom. The highest BCUT2D eigenvalue weighted by molar-refractivity contribution is 5.62. The van der Waals surface area contributed by atoms with Crippen LogP contribution in [0, 0.1) is 17.3 Å². The van der Waals surface area contributed by atoms with Crippen molar-refractivity contribution in [3.8, 4) is 11.1 Å². The molecule has 6 heteroatoms. The van der Waals surface area contributed by atoms with Crippen molar-refractivity contribution < 1.29 is 30.0 Å². The summed E-state index contributed by atoms with van der Waals surface area (Å²) in [4.78, 5) is 16.7. The van der Waals surface area contributed by atoms with E-state index < -0.39 is 0 Å². The Morgan fingerprint density at radius 3 is 1.29 bits per heavy atom. The van der Waals surface area contributed by atoms with Gasteiger partial charge >= 0.3 is 0 Å². The van der Waals surface area contributed by atoms with Crippen LogP contribution < -0.4 is 0 Å². The fourth-order valence-electron chi connectivity index (χ4n) is 2.70. The summed E-state index contributed by atoms with van der Waals surface area (Å²) >= 11 is 0. The van der Waals surface area contributed by atoms with Crippen molar-refractivity contribution in [2.75, 3.05) is 13.2 Å². The predicted octanol–water partition coefficient (Wildman–Crippen LogP) is 4.80. The van der Waals surface area contributed by atoms with Crippen LogP contribution in [-0.4, -0.2) is 46.6 Å². The minimum atomic E-state index is -0.274. The number of aliphatic hydroxyl groups is 2. The molecule has 0 unspecified atom stereocenters. The molecule has 0 aliphatic rings. The van der Waals surface area contributed by atoms with Crippen molar-refractivity contribution in [1.29, 1.82) is 0 Å². The zero-order valence-electron chi connectivity index (χ0n) is 19.0. The van der Waals surface area contributed by atoms with Gasteiger partial charge in [0, 0.05) is 5.41 Å². The quantitative estimate of drug-likeness (QED) is 0.465. The van der Waals surface area contributed by atoms with Gasteiger partial charge in [-0.1, -0.05) is 94.8 Å². The molecule has 0 saturated carbocycles. The molecule has 0 radical (unpaired) electrons. The van der Waals surface area contributed by atoms with E-state index in [0.29, 0.717) is 11.8 Å². The maximum atomic E-state index is 9.30. The number of carboxylic acid groups (broad SMARTS) is 2.